The van der Waals surface area contributed by atoms with Gasteiger partial charge in [-0.25, -0.2) is 19.9 Å². The van der Waals surface area contributed by atoms with E-state index in [0.717, 1.165) is 22.9 Å². The number of halogens is 2. The molecule has 3 rings (SSSR count). The molecule has 3 aromatic heterocycles. The molecule has 0 amide bonds. The molecule has 0 fully saturated rings. The van der Waals surface area contributed by atoms with Crippen LogP contribution in [0, 0.1) is 0 Å². The van der Waals surface area contributed by atoms with E-state index in [9.17, 15) is 0 Å². The Bertz CT molecular complexity index is 851. The van der Waals surface area contributed by atoms with Crippen molar-refractivity contribution in [1.82, 2.24) is 24.5 Å². The van der Waals surface area contributed by atoms with Gasteiger partial charge in [0.05, 0.1) is 6.54 Å². The first-order chi connectivity index (χ1) is 11.0. The summed E-state index contributed by atoms with van der Waals surface area (Å²) in [5.74, 6) is 0.418. The second-order valence-corrected chi connectivity index (χ2v) is 8.58. The fraction of sp³-hybridized carbons (Fsp3) is 0.286. The third kappa shape index (κ3) is 3.32. The van der Waals surface area contributed by atoms with E-state index in [4.69, 9.17) is 22.3 Å². The topological polar surface area (TPSA) is 82.5 Å². The minimum atomic E-state index is -0.418. The van der Waals surface area contributed by atoms with E-state index in [2.05, 4.69) is 44.5 Å². The monoisotopic (exact) mass is 412 g/mol. The number of fused-ring (bicyclic) bond motifs is 1. The van der Waals surface area contributed by atoms with Gasteiger partial charge in [0.15, 0.2) is 27.3 Å². The van der Waals surface area contributed by atoms with Gasteiger partial charge in [-0.05, 0) is 48.3 Å². The molecule has 0 bridgehead atoms. The largest absolute Gasteiger partial charge is 0.382 e. The lowest BCUT2D eigenvalue weighted by molar-refractivity contribution is 0.788. The molecule has 0 unspecified atom stereocenters. The molecule has 6 nitrogen and oxygen atoms in total. The molecule has 0 aliphatic rings. The van der Waals surface area contributed by atoms with Gasteiger partial charge in [-0.15, -0.1) is 0 Å². The molecule has 23 heavy (non-hydrogen) atoms. The number of nitrogen functional groups attached to an aromatic ring is 1. The summed E-state index contributed by atoms with van der Waals surface area (Å²) in [6.07, 6.45) is 2.75. The number of aromatic nitrogens is 5. The Labute approximate surface area is 148 Å². The maximum atomic E-state index is 6.08. The van der Waals surface area contributed by atoms with Crippen molar-refractivity contribution in [3.63, 3.8) is 0 Å². The molecule has 120 valence electrons. The molecule has 0 saturated heterocycles. The Balaban J connectivity index is 2.10. The van der Waals surface area contributed by atoms with Crippen molar-refractivity contribution in [3.8, 4) is 0 Å². The summed E-state index contributed by atoms with van der Waals surface area (Å²) >= 11 is 9.32. The number of rotatable bonds is 4. The van der Waals surface area contributed by atoms with Crippen LogP contribution in [0.1, 0.15) is 12.5 Å². The number of anilines is 1. The Hall–Kier alpha value is -1.30. The lowest BCUT2D eigenvalue weighted by atomic mass is 10.3. The molecule has 2 N–H and O–H groups in total. The van der Waals surface area contributed by atoms with Gasteiger partial charge in [-0.1, -0.05) is 24.6 Å². The molecule has 0 aliphatic heterocycles. The summed E-state index contributed by atoms with van der Waals surface area (Å²) in [5.41, 5.74) is 9.23. The summed E-state index contributed by atoms with van der Waals surface area (Å²) in [5, 5.41) is 0.469. The highest BCUT2D eigenvalue weighted by atomic mass is 79.9. The molecule has 3 aromatic rings. The van der Waals surface area contributed by atoms with Crippen LogP contribution in [0.2, 0.25) is 5.15 Å². The fourth-order valence-corrected chi connectivity index (χ4v) is 3.53. The zero-order valence-electron chi connectivity index (χ0n) is 12.7. The van der Waals surface area contributed by atoms with E-state index < -0.39 is 7.92 Å². The smallest absolute Gasteiger partial charge is 0.179 e. The Morgan fingerprint density at radius 2 is 2.09 bits per heavy atom. The first kappa shape index (κ1) is 16.6. The van der Waals surface area contributed by atoms with Crippen molar-refractivity contribution < 1.29 is 0 Å². The van der Waals surface area contributed by atoms with Crippen LogP contribution in [0.15, 0.2) is 23.1 Å². The highest BCUT2D eigenvalue weighted by Crippen LogP contribution is 2.29. The van der Waals surface area contributed by atoms with Crippen LogP contribution in [0.5, 0.6) is 0 Å². The van der Waals surface area contributed by atoms with E-state index >= 15 is 0 Å². The summed E-state index contributed by atoms with van der Waals surface area (Å²) < 4.78 is 2.62. The van der Waals surface area contributed by atoms with Crippen molar-refractivity contribution in [2.45, 2.75) is 13.5 Å². The highest BCUT2D eigenvalue weighted by molar-refractivity contribution is 9.10. The second kappa shape index (κ2) is 6.67. The molecule has 9 heteroatoms. The molecular weight excluding hydrogens is 399 g/mol. The minimum absolute atomic E-state index is 0.418. The molecule has 0 radical (unpaired) electrons. The molecule has 0 saturated carbocycles. The van der Waals surface area contributed by atoms with E-state index in [-0.39, 0.29) is 0 Å². The van der Waals surface area contributed by atoms with Crippen LogP contribution in [-0.2, 0) is 6.54 Å². The minimum Gasteiger partial charge on any atom is -0.382 e. The van der Waals surface area contributed by atoms with Crippen LogP contribution >= 0.6 is 35.5 Å². The number of nitrogens with zero attached hydrogens (tertiary/aromatic N) is 5. The average molecular weight is 414 g/mol. The van der Waals surface area contributed by atoms with Crippen LogP contribution in [0.3, 0.4) is 0 Å². The second-order valence-electron chi connectivity index (χ2n) is 5.05. The lowest BCUT2D eigenvalue weighted by Crippen LogP contribution is -2.16. The molecular formula is C14H15BrClN6P. The van der Waals surface area contributed by atoms with Crippen molar-refractivity contribution in [3.05, 3.63) is 33.8 Å². The third-order valence-electron chi connectivity index (χ3n) is 3.51. The zero-order valence-corrected chi connectivity index (χ0v) is 15.9. The van der Waals surface area contributed by atoms with E-state index in [1.165, 1.54) is 0 Å². The molecule has 0 aliphatic carbocycles. The van der Waals surface area contributed by atoms with Crippen LogP contribution in [0.25, 0.3) is 11.2 Å². The van der Waals surface area contributed by atoms with Gasteiger partial charge in [-0.2, -0.15) is 0 Å². The van der Waals surface area contributed by atoms with Gasteiger partial charge < -0.3 is 5.73 Å². The highest BCUT2D eigenvalue weighted by Gasteiger charge is 2.17. The van der Waals surface area contributed by atoms with E-state index in [1.54, 1.807) is 12.3 Å². The SMILES string of the molecule is CC[P@@](C)c1nc(N)c2nc(Br)n(Cc3ccc(Cl)nc3)c2n1. The van der Waals surface area contributed by atoms with Gasteiger partial charge in [-0.3, -0.25) is 4.57 Å². The Morgan fingerprint density at radius 1 is 1.30 bits per heavy atom. The summed E-state index contributed by atoms with van der Waals surface area (Å²) in [6, 6.07) is 3.69. The van der Waals surface area contributed by atoms with Gasteiger partial charge in [0.1, 0.15) is 5.15 Å². The number of imidazole rings is 1. The van der Waals surface area contributed by atoms with Crippen molar-refractivity contribution in [2.75, 3.05) is 18.6 Å². The number of hydrogen-bond acceptors (Lipinski definition) is 5. The molecule has 0 spiro atoms. The first-order valence-corrected chi connectivity index (χ1v) is 10.1. The van der Waals surface area contributed by atoms with E-state index in [1.807, 2.05) is 10.6 Å². The molecule has 0 aromatic carbocycles. The number of hydrogen-bond donors (Lipinski definition) is 1. The maximum Gasteiger partial charge on any atom is 0.179 e. The number of nitrogens with two attached hydrogens (primary N) is 1. The Kier molecular flexibility index (Phi) is 4.80. The van der Waals surface area contributed by atoms with Crippen LogP contribution in [-0.4, -0.2) is 37.3 Å². The van der Waals surface area contributed by atoms with Gasteiger partial charge in [0.2, 0.25) is 0 Å². The Morgan fingerprint density at radius 3 is 2.74 bits per heavy atom. The zero-order chi connectivity index (χ0) is 16.6. The van der Waals surface area contributed by atoms with Crippen molar-refractivity contribution in [2.24, 2.45) is 0 Å². The standard InChI is InChI=1S/C14H15BrClN6P/c1-3-23(2)14-20-11(17)10-12(21-14)22(13(15)19-10)7-8-4-5-9(16)18-6-8/h4-6H,3,7H2,1-2H3,(H2,17,20,21)/t23-/m1/s1. The summed E-state index contributed by atoms with van der Waals surface area (Å²) in [4.78, 5) is 17.7. The predicted octanol–water partition coefficient (Wildman–Crippen LogP) is 3.02. The van der Waals surface area contributed by atoms with Crippen molar-refractivity contribution in [1.29, 1.82) is 0 Å². The van der Waals surface area contributed by atoms with Crippen molar-refractivity contribution >= 4 is 58.0 Å². The third-order valence-corrected chi connectivity index (χ3v) is 6.17. The fourth-order valence-electron chi connectivity index (χ4n) is 2.12. The number of pyridine rings is 1. The predicted molar refractivity (Wildman–Crippen MR) is 98.8 cm³/mol. The van der Waals surface area contributed by atoms with Gasteiger partial charge >= 0.3 is 0 Å². The lowest BCUT2D eigenvalue weighted by Gasteiger charge is -2.10. The quantitative estimate of drug-likeness (QED) is 0.404. The van der Waals surface area contributed by atoms with Gasteiger partial charge in [0, 0.05) is 6.20 Å². The summed E-state index contributed by atoms with van der Waals surface area (Å²) in [7, 11) is -0.418. The van der Waals surface area contributed by atoms with E-state index in [0.29, 0.717) is 27.8 Å². The molecule has 3 heterocycles. The summed E-state index contributed by atoms with van der Waals surface area (Å²) in [6.45, 7) is 4.85. The maximum absolute atomic E-state index is 6.08. The van der Waals surface area contributed by atoms with Gasteiger partial charge in [0.25, 0.3) is 0 Å². The van der Waals surface area contributed by atoms with Crippen LogP contribution < -0.4 is 11.3 Å². The van der Waals surface area contributed by atoms with Crippen LogP contribution in [0.4, 0.5) is 5.82 Å². The normalized spacial score (nSPS) is 12.7. The average Bonchev–Trinajstić information content (AvgIpc) is 2.85. The molecule has 1 atom stereocenters. The first-order valence-electron chi connectivity index (χ1n) is 7.00.